The molecule has 0 atom stereocenters. The molecule has 3 aromatic rings. The smallest absolute Gasteiger partial charge is 0.271 e. The van der Waals surface area contributed by atoms with Gasteiger partial charge in [0.1, 0.15) is 0 Å². The van der Waals surface area contributed by atoms with Gasteiger partial charge in [-0.1, -0.05) is 36.3 Å². The average molecular weight is 338 g/mol. The molecule has 0 amide bonds. The summed E-state index contributed by atoms with van der Waals surface area (Å²) in [5, 5.41) is 0.999. The number of aromatic nitrogens is 1. The van der Waals surface area contributed by atoms with Crippen molar-refractivity contribution in [2.24, 2.45) is 7.05 Å². The molecule has 0 bridgehead atoms. The molecule has 0 aliphatic rings. The van der Waals surface area contributed by atoms with Crippen LogP contribution in [0.4, 0.5) is 0 Å². The van der Waals surface area contributed by atoms with Crippen LogP contribution in [0.15, 0.2) is 59.6 Å². The third-order valence-corrected chi connectivity index (χ3v) is 5.77. The van der Waals surface area contributed by atoms with Crippen molar-refractivity contribution in [3.8, 4) is 12.5 Å². The number of aryl methyl sites for hydroxylation is 2. The van der Waals surface area contributed by atoms with E-state index in [1.165, 1.54) is 0 Å². The third-order valence-electron chi connectivity index (χ3n) is 4.09. The van der Waals surface area contributed by atoms with Crippen LogP contribution in [-0.4, -0.2) is 17.3 Å². The number of terminal acetylenes is 1. The van der Waals surface area contributed by atoms with Gasteiger partial charge in [0.25, 0.3) is 10.0 Å². The van der Waals surface area contributed by atoms with E-state index in [2.05, 4.69) is 6.04 Å². The standard InChI is InChI=1S/C19H18N2O2S/c1-4-21(24(22,23)17-10-8-15(2)9-11-17)14-16-6-5-7-19-18(16)12-13-20(19)3/h1,5-13H,14H2,2-3H3. The Bertz CT molecular complexity index is 1030. The lowest BCUT2D eigenvalue weighted by Gasteiger charge is -2.18. The molecular formula is C19H18N2O2S. The highest BCUT2D eigenvalue weighted by Crippen LogP contribution is 2.24. The van der Waals surface area contributed by atoms with Gasteiger partial charge in [0.2, 0.25) is 0 Å². The lowest BCUT2D eigenvalue weighted by Crippen LogP contribution is -2.26. The molecule has 1 heterocycles. The Hall–Kier alpha value is -2.71. The number of hydrogen-bond donors (Lipinski definition) is 0. The summed E-state index contributed by atoms with van der Waals surface area (Å²) >= 11 is 0. The molecule has 0 N–H and O–H groups in total. The minimum atomic E-state index is -3.74. The predicted molar refractivity (Wildman–Crippen MR) is 95.7 cm³/mol. The maximum absolute atomic E-state index is 12.8. The van der Waals surface area contributed by atoms with Crippen molar-refractivity contribution in [2.45, 2.75) is 18.4 Å². The molecule has 0 aliphatic heterocycles. The lowest BCUT2D eigenvalue weighted by atomic mass is 10.1. The summed E-state index contributed by atoms with van der Waals surface area (Å²) in [6.45, 7) is 2.04. The number of nitrogens with zero attached hydrogens (tertiary/aromatic N) is 2. The summed E-state index contributed by atoms with van der Waals surface area (Å²) in [7, 11) is -1.79. The average Bonchev–Trinajstić information content (AvgIpc) is 2.95. The molecule has 1 aromatic heterocycles. The van der Waals surface area contributed by atoms with Crippen LogP contribution < -0.4 is 0 Å². The summed E-state index contributed by atoms with van der Waals surface area (Å²) in [5.41, 5.74) is 2.91. The Balaban J connectivity index is 2.00. The van der Waals surface area contributed by atoms with E-state index in [4.69, 9.17) is 6.42 Å². The first-order chi connectivity index (χ1) is 11.4. The normalized spacial score (nSPS) is 11.4. The van der Waals surface area contributed by atoms with E-state index in [-0.39, 0.29) is 11.4 Å². The zero-order chi connectivity index (χ0) is 17.3. The van der Waals surface area contributed by atoms with Crippen LogP contribution in [0.3, 0.4) is 0 Å². The highest BCUT2D eigenvalue weighted by atomic mass is 32.2. The van der Waals surface area contributed by atoms with Crippen molar-refractivity contribution < 1.29 is 8.42 Å². The molecule has 0 aliphatic carbocycles. The number of hydrogen-bond acceptors (Lipinski definition) is 2. The van der Waals surface area contributed by atoms with Crippen LogP contribution in [0, 0.1) is 19.4 Å². The molecule has 5 heteroatoms. The summed E-state index contributed by atoms with van der Waals surface area (Å²) in [6, 6.07) is 16.8. The van der Waals surface area contributed by atoms with Gasteiger partial charge in [-0.05, 0) is 36.8 Å². The highest BCUT2D eigenvalue weighted by Gasteiger charge is 2.22. The lowest BCUT2D eigenvalue weighted by molar-refractivity contribution is 0.510. The van der Waals surface area contributed by atoms with Gasteiger partial charge in [-0.3, -0.25) is 0 Å². The van der Waals surface area contributed by atoms with Gasteiger partial charge < -0.3 is 4.57 Å². The van der Waals surface area contributed by atoms with E-state index >= 15 is 0 Å². The summed E-state index contributed by atoms with van der Waals surface area (Å²) in [6.07, 6.45) is 7.46. The van der Waals surface area contributed by atoms with E-state index in [0.717, 1.165) is 26.3 Å². The second-order valence-corrected chi connectivity index (χ2v) is 7.59. The molecule has 0 saturated heterocycles. The Kier molecular flexibility index (Phi) is 4.08. The minimum absolute atomic E-state index is 0.133. The number of fused-ring (bicyclic) bond motifs is 1. The SMILES string of the molecule is C#CN(Cc1cccc2c1ccn2C)S(=O)(=O)c1ccc(C)cc1. The number of benzene rings is 2. The van der Waals surface area contributed by atoms with Crippen molar-refractivity contribution in [1.82, 2.24) is 8.87 Å². The van der Waals surface area contributed by atoms with Crippen LogP contribution in [0.5, 0.6) is 0 Å². The van der Waals surface area contributed by atoms with Crippen molar-refractivity contribution in [3.63, 3.8) is 0 Å². The Morgan fingerprint density at radius 1 is 1.12 bits per heavy atom. The molecular weight excluding hydrogens is 320 g/mol. The molecule has 0 spiro atoms. The Morgan fingerprint density at radius 3 is 2.50 bits per heavy atom. The van der Waals surface area contributed by atoms with Gasteiger partial charge in [0.15, 0.2) is 0 Å². The fraction of sp³-hybridized carbons (Fsp3) is 0.158. The molecule has 3 rings (SSSR count). The third kappa shape index (κ3) is 2.77. The van der Waals surface area contributed by atoms with Gasteiger partial charge >= 0.3 is 0 Å². The first-order valence-electron chi connectivity index (χ1n) is 7.52. The molecule has 0 unspecified atom stereocenters. The van der Waals surface area contributed by atoms with E-state index < -0.39 is 10.0 Å². The monoisotopic (exact) mass is 338 g/mol. The van der Waals surface area contributed by atoms with Gasteiger partial charge in [0, 0.05) is 30.2 Å². The van der Waals surface area contributed by atoms with E-state index in [1.807, 2.05) is 49.0 Å². The van der Waals surface area contributed by atoms with Crippen molar-refractivity contribution in [2.75, 3.05) is 0 Å². The van der Waals surface area contributed by atoms with Crippen molar-refractivity contribution in [1.29, 1.82) is 0 Å². The highest BCUT2D eigenvalue weighted by molar-refractivity contribution is 7.89. The van der Waals surface area contributed by atoms with Crippen LogP contribution in [-0.2, 0) is 23.6 Å². The number of rotatable bonds is 4. The fourth-order valence-corrected chi connectivity index (χ4v) is 3.88. The van der Waals surface area contributed by atoms with Crippen molar-refractivity contribution >= 4 is 20.9 Å². The van der Waals surface area contributed by atoms with Crippen molar-refractivity contribution in [3.05, 3.63) is 65.9 Å². The zero-order valence-corrected chi connectivity index (χ0v) is 14.4. The zero-order valence-electron chi connectivity index (χ0n) is 13.6. The second kappa shape index (κ2) is 6.06. The van der Waals surface area contributed by atoms with Crippen LogP contribution in [0.2, 0.25) is 0 Å². The molecule has 2 aromatic carbocycles. The van der Waals surface area contributed by atoms with Gasteiger partial charge in [-0.2, -0.15) is 0 Å². The summed E-state index contributed by atoms with van der Waals surface area (Å²) in [4.78, 5) is 0.200. The van der Waals surface area contributed by atoms with E-state index in [0.29, 0.717) is 0 Å². The molecule has 0 fully saturated rings. The topological polar surface area (TPSA) is 42.3 Å². The van der Waals surface area contributed by atoms with Crippen LogP contribution >= 0.6 is 0 Å². The number of sulfonamides is 1. The summed E-state index contributed by atoms with van der Waals surface area (Å²) in [5.74, 6) is 0. The Labute approximate surface area is 142 Å². The van der Waals surface area contributed by atoms with E-state index in [9.17, 15) is 8.42 Å². The van der Waals surface area contributed by atoms with Crippen LogP contribution in [0.25, 0.3) is 10.9 Å². The minimum Gasteiger partial charge on any atom is -0.351 e. The van der Waals surface area contributed by atoms with Crippen LogP contribution in [0.1, 0.15) is 11.1 Å². The maximum atomic E-state index is 12.8. The molecule has 0 saturated carbocycles. The largest absolute Gasteiger partial charge is 0.351 e. The molecule has 4 nitrogen and oxygen atoms in total. The van der Waals surface area contributed by atoms with Gasteiger partial charge in [-0.15, -0.1) is 0 Å². The first-order valence-corrected chi connectivity index (χ1v) is 8.96. The van der Waals surface area contributed by atoms with E-state index in [1.54, 1.807) is 24.3 Å². The summed E-state index contributed by atoms with van der Waals surface area (Å²) < 4.78 is 28.6. The van der Waals surface area contributed by atoms with Gasteiger partial charge in [-0.25, -0.2) is 12.7 Å². The molecule has 122 valence electrons. The first kappa shape index (κ1) is 16.2. The maximum Gasteiger partial charge on any atom is 0.271 e. The molecule has 24 heavy (non-hydrogen) atoms. The predicted octanol–water partition coefficient (Wildman–Crippen LogP) is 3.27. The van der Waals surface area contributed by atoms with Gasteiger partial charge in [0.05, 0.1) is 11.4 Å². The fourth-order valence-electron chi connectivity index (χ4n) is 2.70. The molecule has 0 radical (unpaired) electrons. The Morgan fingerprint density at radius 2 is 1.83 bits per heavy atom. The quantitative estimate of drug-likeness (QED) is 0.541. The second-order valence-electron chi connectivity index (χ2n) is 5.73.